The van der Waals surface area contributed by atoms with Gasteiger partial charge in [0.2, 0.25) is 0 Å². The summed E-state index contributed by atoms with van der Waals surface area (Å²) in [4.78, 5) is 46.4. The van der Waals surface area contributed by atoms with Gasteiger partial charge in [0.15, 0.2) is 6.61 Å². The minimum absolute atomic E-state index is 0.0970. The highest BCUT2D eigenvalue weighted by atomic mass is 35.5. The fraction of sp³-hybridized carbons (Fsp3) is 0.375. The zero-order valence-corrected chi connectivity index (χ0v) is 15.7. The van der Waals surface area contributed by atoms with Gasteiger partial charge in [-0.15, -0.1) is 0 Å². The SMILES string of the molecule is CC[C@@H](C)NC(=O)NC(=O)COC(=O)CNC(=O)c1ccc(Cl)cc1Cl. The average molecular weight is 404 g/mol. The predicted octanol–water partition coefficient (Wildman–Crippen LogP) is 1.89. The number of benzene rings is 1. The molecule has 1 rings (SSSR count). The van der Waals surface area contributed by atoms with Crippen molar-refractivity contribution < 1.29 is 23.9 Å². The summed E-state index contributed by atoms with van der Waals surface area (Å²) in [6.45, 7) is 2.54. The lowest BCUT2D eigenvalue weighted by Gasteiger charge is -2.12. The number of esters is 1. The lowest BCUT2D eigenvalue weighted by molar-refractivity contribution is -0.147. The van der Waals surface area contributed by atoms with E-state index in [1.807, 2.05) is 12.2 Å². The summed E-state index contributed by atoms with van der Waals surface area (Å²) in [5.41, 5.74) is 0.142. The van der Waals surface area contributed by atoms with Crippen molar-refractivity contribution in [1.82, 2.24) is 16.0 Å². The summed E-state index contributed by atoms with van der Waals surface area (Å²) in [6.07, 6.45) is 0.702. The molecule has 0 aliphatic heterocycles. The van der Waals surface area contributed by atoms with Gasteiger partial charge in [-0.2, -0.15) is 0 Å². The van der Waals surface area contributed by atoms with E-state index in [1.54, 1.807) is 6.92 Å². The maximum Gasteiger partial charge on any atom is 0.325 e. The van der Waals surface area contributed by atoms with E-state index in [-0.39, 0.29) is 16.6 Å². The molecule has 1 atom stereocenters. The molecule has 26 heavy (non-hydrogen) atoms. The van der Waals surface area contributed by atoms with Crippen LogP contribution in [0.5, 0.6) is 0 Å². The van der Waals surface area contributed by atoms with Gasteiger partial charge in [0.25, 0.3) is 11.8 Å². The zero-order chi connectivity index (χ0) is 19.7. The van der Waals surface area contributed by atoms with E-state index < -0.39 is 37.0 Å². The second-order valence-electron chi connectivity index (χ2n) is 5.30. The highest BCUT2D eigenvalue weighted by molar-refractivity contribution is 6.36. The van der Waals surface area contributed by atoms with Crippen molar-refractivity contribution in [2.45, 2.75) is 26.3 Å². The van der Waals surface area contributed by atoms with Crippen LogP contribution < -0.4 is 16.0 Å². The minimum atomic E-state index is -0.846. The molecule has 0 aliphatic rings. The van der Waals surface area contributed by atoms with Crippen LogP contribution in [0.1, 0.15) is 30.6 Å². The molecule has 0 fully saturated rings. The van der Waals surface area contributed by atoms with Crippen molar-refractivity contribution in [3.05, 3.63) is 33.8 Å². The molecule has 0 aromatic heterocycles. The van der Waals surface area contributed by atoms with Crippen LogP contribution in [0.3, 0.4) is 0 Å². The Morgan fingerprint density at radius 1 is 1.19 bits per heavy atom. The first-order chi connectivity index (χ1) is 12.2. The van der Waals surface area contributed by atoms with Crippen LogP contribution in [0.15, 0.2) is 18.2 Å². The molecule has 8 nitrogen and oxygen atoms in total. The summed E-state index contributed by atoms with van der Waals surface area (Å²) >= 11 is 11.6. The Morgan fingerprint density at radius 3 is 2.50 bits per heavy atom. The van der Waals surface area contributed by atoms with Crippen LogP contribution in [0.2, 0.25) is 10.0 Å². The van der Waals surface area contributed by atoms with E-state index >= 15 is 0 Å². The molecule has 10 heteroatoms. The summed E-state index contributed by atoms with van der Waals surface area (Å²) in [7, 11) is 0. The normalized spacial score (nSPS) is 11.2. The van der Waals surface area contributed by atoms with Gasteiger partial charge >= 0.3 is 12.0 Å². The molecule has 1 aromatic rings. The lowest BCUT2D eigenvalue weighted by Crippen LogP contribution is -2.45. The standard InChI is InChI=1S/C16H19Cl2N3O5/c1-3-9(2)20-16(25)21-13(22)8-26-14(23)7-19-15(24)11-5-4-10(17)6-12(11)18/h4-6,9H,3,7-8H2,1-2H3,(H,19,24)(H2,20,21,22,25)/t9-/m1/s1. The van der Waals surface area contributed by atoms with Crippen LogP contribution in [0.4, 0.5) is 4.79 Å². The first kappa shape index (κ1) is 21.7. The number of carbonyl (C=O) groups is 4. The first-order valence-corrected chi connectivity index (χ1v) is 8.47. The van der Waals surface area contributed by atoms with Crippen molar-refractivity contribution in [3.8, 4) is 0 Å². The van der Waals surface area contributed by atoms with E-state index in [0.29, 0.717) is 11.4 Å². The smallest absolute Gasteiger partial charge is 0.325 e. The number of rotatable bonds is 7. The van der Waals surface area contributed by atoms with Crippen LogP contribution in [-0.4, -0.2) is 43.0 Å². The number of hydrogen-bond donors (Lipinski definition) is 3. The van der Waals surface area contributed by atoms with Crippen LogP contribution >= 0.6 is 23.2 Å². The Morgan fingerprint density at radius 2 is 1.88 bits per heavy atom. The number of ether oxygens (including phenoxy) is 1. The van der Waals surface area contributed by atoms with E-state index in [1.165, 1.54) is 18.2 Å². The molecular weight excluding hydrogens is 385 g/mol. The molecule has 0 unspecified atom stereocenters. The van der Waals surface area contributed by atoms with Gasteiger partial charge in [-0.3, -0.25) is 19.7 Å². The van der Waals surface area contributed by atoms with Crippen molar-refractivity contribution in [1.29, 1.82) is 0 Å². The van der Waals surface area contributed by atoms with E-state index in [4.69, 9.17) is 23.2 Å². The topological polar surface area (TPSA) is 114 Å². The van der Waals surface area contributed by atoms with Crippen LogP contribution in [-0.2, 0) is 14.3 Å². The Hall–Kier alpha value is -2.32. The number of hydrogen-bond acceptors (Lipinski definition) is 5. The molecule has 0 saturated carbocycles. The third-order valence-electron chi connectivity index (χ3n) is 3.18. The first-order valence-electron chi connectivity index (χ1n) is 7.72. The molecule has 0 saturated heterocycles. The highest BCUT2D eigenvalue weighted by Gasteiger charge is 2.15. The number of imide groups is 1. The van der Waals surface area contributed by atoms with Gasteiger partial charge in [0.1, 0.15) is 6.54 Å². The summed E-state index contributed by atoms with van der Waals surface area (Å²) in [6, 6.07) is 3.52. The number of urea groups is 1. The van der Waals surface area contributed by atoms with E-state index in [2.05, 4.69) is 15.4 Å². The quantitative estimate of drug-likeness (QED) is 0.601. The zero-order valence-electron chi connectivity index (χ0n) is 14.2. The number of nitrogens with one attached hydrogen (secondary N) is 3. The molecule has 4 amide bonds. The Kier molecular flexibility index (Phi) is 8.87. The number of halogens is 2. The molecule has 0 bridgehead atoms. The Balaban J connectivity index is 2.35. The second-order valence-corrected chi connectivity index (χ2v) is 6.14. The van der Waals surface area contributed by atoms with E-state index in [9.17, 15) is 19.2 Å². The average Bonchev–Trinajstić information content (AvgIpc) is 2.57. The maximum atomic E-state index is 11.9. The third-order valence-corrected chi connectivity index (χ3v) is 3.72. The van der Waals surface area contributed by atoms with Crippen molar-refractivity contribution >= 4 is 47.0 Å². The van der Waals surface area contributed by atoms with Gasteiger partial charge in [0.05, 0.1) is 10.6 Å². The Bertz CT molecular complexity index is 696. The monoisotopic (exact) mass is 403 g/mol. The van der Waals surface area contributed by atoms with Gasteiger partial charge in [-0.25, -0.2) is 4.79 Å². The molecule has 0 heterocycles. The minimum Gasteiger partial charge on any atom is -0.454 e. The summed E-state index contributed by atoms with van der Waals surface area (Å²) in [5.74, 6) is -2.23. The highest BCUT2D eigenvalue weighted by Crippen LogP contribution is 2.20. The molecule has 0 radical (unpaired) electrons. The van der Waals surface area contributed by atoms with Crippen molar-refractivity contribution in [2.75, 3.05) is 13.2 Å². The van der Waals surface area contributed by atoms with Gasteiger partial charge in [-0.05, 0) is 31.5 Å². The van der Waals surface area contributed by atoms with Gasteiger partial charge in [-0.1, -0.05) is 30.1 Å². The summed E-state index contributed by atoms with van der Waals surface area (Å²) in [5, 5.41) is 7.36. The molecule has 0 spiro atoms. The Labute approximate surface area is 160 Å². The second kappa shape index (κ2) is 10.6. The maximum absolute atomic E-state index is 11.9. The lowest BCUT2D eigenvalue weighted by atomic mass is 10.2. The van der Waals surface area contributed by atoms with Crippen molar-refractivity contribution in [3.63, 3.8) is 0 Å². The summed E-state index contributed by atoms with van der Waals surface area (Å²) < 4.78 is 4.67. The molecule has 142 valence electrons. The molecule has 1 aromatic carbocycles. The number of carbonyl (C=O) groups excluding carboxylic acids is 4. The molecule has 3 N–H and O–H groups in total. The largest absolute Gasteiger partial charge is 0.454 e. The van der Waals surface area contributed by atoms with Gasteiger partial charge in [0, 0.05) is 11.1 Å². The fourth-order valence-corrected chi connectivity index (χ4v) is 2.14. The fourth-order valence-electron chi connectivity index (χ4n) is 1.64. The van der Waals surface area contributed by atoms with E-state index in [0.717, 1.165) is 0 Å². The van der Waals surface area contributed by atoms with Crippen LogP contribution in [0.25, 0.3) is 0 Å². The van der Waals surface area contributed by atoms with Gasteiger partial charge < -0.3 is 15.4 Å². The molecule has 0 aliphatic carbocycles. The predicted molar refractivity (Wildman–Crippen MR) is 96.2 cm³/mol. The van der Waals surface area contributed by atoms with Crippen molar-refractivity contribution in [2.24, 2.45) is 0 Å². The van der Waals surface area contributed by atoms with Crippen LogP contribution in [0, 0.1) is 0 Å². The molecular formula is C16H19Cl2N3O5. The third kappa shape index (κ3) is 7.71. The number of amides is 4.